The van der Waals surface area contributed by atoms with Gasteiger partial charge in [0.25, 0.3) is 0 Å². The third kappa shape index (κ3) is 5.28. The fourth-order valence-electron chi connectivity index (χ4n) is 4.90. The van der Waals surface area contributed by atoms with Gasteiger partial charge in [-0.05, 0) is 54.3 Å². The second kappa shape index (κ2) is 10.1. The number of halogens is 1. The van der Waals surface area contributed by atoms with Gasteiger partial charge in [0.1, 0.15) is 5.82 Å². The van der Waals surface area contributed by atoms with Crippen molar-refractivity contribution in [1.29, 1.82) is 0 Å². The van der Waals surface area contributed by atoms with Gasteiger partial charge in [-0.1, -0.05) is 17.7 Å². The molecule has 4 aromatic rings. The molecule has 1 aliphatic carbocycles. The van der Waals surface area contributed by atoms with Crippen LogP contribution < -0.4 is 4.74 Å². The van der Waals surface area contributed by atoms with Gasteiger partial charge in [0.15, 0.2) is 5.15 Å². The summed E-state index contributed by atoms with van der Waals surface area (Å²) < 4.78 is 5.36. The highest BCUT2D eigenvalue weighted by Crippen LogP contribution is 2.32. The van der Waals surface area contributed by atoms with Crippen molar-refractivity contribution in [2.24, 2.45) is 5.92 Å². The molecule has 2 aliphatic rings. The van der Waals surface area contributed by atoms with Crippen molar-refractivity contribution >= 4 is 28.5 Å². The van der Waals surface area contributed by atoms with Gasteiger partial charge in [0.05, 0.1) is 18.1 Å². The third-order valence-corrected chi connectivity index (χ3v) is 7.20. The molecule has 2 fully saturated rings. The number of aromatic amines is 1. The average Bonchev–Trinajstić information content (AvgIpc) is 3.68. The first-order valence-electron chi connectivity index (χ1n) is 12.6. The summed E-state index contributed by atoms with van der Waals surface area (Å²) in [5.41, 5.74) is 5.66. The van der Waals surface area contributed by atoms with Crippen molar-refractivity contribution in [3.8, 4) is 17.0 Å². The Bertz CT molecular complexity index is 1440. The Morgan fingerprint density at radius 3 is 2.73 bits per heavy atom. The van der Waals surface area contributed by atoms with E-state index in [-0.39, 0.29) is 0 Å². The molecule has 0 radical (unpaired) electrons. The maximum Gasteiger partial charge on any atom is 0.241 e. The van der Waals surface area contributed by atoms with E-state index in [1.165, 1.54) is 5.56 Å². The van der Waals surface area contributed by atoms with E-state index >= 15 is 0 Å². The zero-order valence-electron chi connectivity index (χ0n) is 20.7. The number of nitrogens with zero attached hydrogens (tertiary/aromatic N) is 6. The van der Waals surface area contributed by atoms with Gasteiger partial charge in [0.2, 0.25) is 11.8 Å². The molecule has 6 rings (SSSR count). The van der Waals surface area contributed by atoms with Crippen LogP contribution in [0, 0.1) is 5.92 Å². The Morgan fingerprint density at radius 2 is 1.95 bits per heavy atom. The molecule has 3 aromatic heterocycles. The average molecular weight is 518 g/mol. The normalized spacial score (nSPS) is 16.3. The highest BCUT2D eigenvalue weighted by Gasteiger charge is 2.34. The van der Waals surface area contributed by atoms with Crippen molar-refractivity contribution in [2.45, 2.75) is 25.8 Å². The summed E-state index contributed by atoms with van der Waals surface area (Å²) >= 11 is 6.07. The maximum atomic E-state index is 12.3. The van der Waals surface area contributed by atoms with Crippen molar-refractivity contribution < 1.29 is 9.53 Å². The number of methoxy groups -OCH3 is 1. The van der Waals surface area contributed by atoms with Gasteiger partial charge in [0, 0.05) is 62.5 Å². The zero-order valence-corrected chi connectivity index (χ0v) is 21.4. The molecular formula is C27H28ClN7O2. The van der Waals surface area contributed by atoms with E-state index in [1.807, 2.05) is 29.3 Å². The van der Waals surface area contributed by atoms with Gasteiger partial charge in [-0.25, -0.2) is 4.98 Å². The summed E-state index contributed by atoms with van der Waals surface area (Å²) in [4.78, 5) is 29.5. The summed E-state index contributed by atoms with van der Waals surface area (Å²) in [7, 11) is 1.56. The molecule has 0 unspecified atom stereocenters. The van der Waals surface area contributed by atoms with Crippen molar-refractivity contribution in [1.82, 2.24) is 34.9 Å². The minimum Gasteiger partial charge on any atom is -0.479 e. The number of benzene rings is 1. The number of piperazine rings is 1. The Morgan fingerprint density at radius 1 is 1.11 bits per heavy atom. The minimum absolute atomic E-state index is 0.299. The Hall–Kier alpha value is -3.56. The van der Waals surface area contributed by atoms with Crippen LogP contribution >= 0.6 is 11.6 Å². The van der Waals surface area contributed by atoms with Crippen LogP contribution in [0.3, 0.4) is 0 Å². The van der Waals surface area contributed by atoms with Crippen LogP contribution in [0.15, 0.2) is 42.6 Å². The Kier molecular flexibility index (Phi) is 6.48. The van der Waals surface area contributed by atoms with Crippen LogP contribution in [0.2, 0.25) is 5.15 Å². The molecule has 10 heteroatoms. The predicted molar refractivity (Wildman–Crippen MR) is 140 cm³/mol. The van der Waals surface area contributed by atoms with Crippen LogP contribution in [-0.4, -0.2) is 74.1 Å². The molecule has 0 spiro atoms. The number of rotatable bonds is 7. The number of amides is 1. The molecule has 37 heavy (non-hydrogen) atoms. The lowest BCUT2D eigenvalue weighted by molar-refractivity contribution is -0.134. The molecule has 0 atom stereocenters. The number of pyridine rings is 1. The van der Waals surface area contributed by atoms with Crippen LogP contribution in [0.4, 0.5) is 0 Å². The van der Waals surface area contributed by atoms with E-state index in [0.29, 0.717) is 29.3 Å². The van der Waals surface area contributed by atoms with Crippen molar-refractivity contribution in [3.63, 3.8) is 0 Å². The number of hydrogen-bond acceptors (Lipinski definition) is 7. The van der Waals surface area contributed by atoms with Gasteiger partial charge in [-0.15, -0.1) is 10.2 Å². The second-order valence-corrected chi connectivity index (χ2v) is 10.1. The highest BCUT2D eigenvalue weighted by atomic mass is 35.5. The molecule has 1 aromatic carbocycles. The number of aromatic nitrogens is 5. The minimum atomic E-state index is 0.299. The van der Waals surface area contributed by atoms with Crippen molar-refractivity contribution in [2.75, 3.05) is 33.3 Å². The number of ether oxygens (including phenoxy) is 1. The molecule has 1 saturated carbocycles. The molecule has 190 valence electrons. The molecule has 1 amide bonds. The van der Waals surface area contributed by atoms with E-state index in [1.54, 1.807) is 13.2 Å². The number of carbonyl (C=O) groups is 1. The molecular weight excluding hydrogens is 490 g/mol. The van der Waals surface area contributed by atoms with E-state index in [2.05, 4.69) is 37.2 Å². The molecule has 1 saturated heterocycles. The van der Waals surface area contributed by atoms with Gasteiger partial charge < -0.3 is 14.6 Å². The van der Waals surface area contributed by atoms with Crippen LogP contribution in [0.5, 0.6) is 5.88 Å². The maximum absolute atomic E-state index is 12.3. The predicted octanol–water partition coefficient (Wildman–Crippen LogP) is 3.72. The summed E-state index contributed by atoms with van der Waals surface area (Å²) in [6.07, 6.45) is 4.60. The fraction of sp³-hybridized carbons (Fsp3) is 0.370. The Labute approximate surface area is 219 Å². The first-order valence-corrected chi connectivity index (χ1v) is 12.9. The fourth-order valence-corrected chi connectivity index (χ4v) is 5.04. The summed E-state index contributed by atoms with van der Waals surface area (Å²) in [6, 6.07) is 11.9. The second-order valence-electron chi connectivity index (χ2n) is 9.71. The first-order chi connectivity index (χ1) is 18.1. The van der Waals surface area contributed by atoms with E-state index in [9.17, 15) is 4.79 Å². The molecule has 1 N–H and O–H groups in total. The lowest BCUT2D eigenvalue weighted by atomic mass is 10.1. The molecule has 9 nitrogen and oxygen atoms in total. The van der Waals surface area contributed by atoms with E-state index in [4.69, 9.17) is 21.3 Å². The molecule has 1 aliphatic heterocycles. The summed E-state index contributed by atoms with van der Waals surface area (Å²) in [5, 5.41) is 8.19. The van der Waals surface area contributed by atoms with Crippen molar-refractivity contribution in [3.05, 3.63) is 64.8 Å². The highest BCUT2D eigenvalue weighted by molar-refractivity contribution is 6.29. The number of imidazole rings is 1. The lowest BCUT2D eigenvalue weighted by Gasteiger charge is -2.35. The number of nitrogens with one attached hydrogen (secondary N) is 1. The number of carbonyl (C=O) groups excluding carboxylic acids is 1. The quantitative estimate of drug-likeness (QED) is 0.398. The monoisotopic (exact) mass is 517 g/mol. The first kappa shape index (κ1) is 23.8. The summed E-state index contributed by atoms with van der Waals surface area (Å²) in [6.45, 7) is 4.31. The molecule has 0 bridgehead atoms. The zero-order chi connectivity index (χ0) is 25.4. The molecule has 4 heterocycles. The SMILES string of the molecule is COc1nnc(Cl)cc1-c1ccc2nc(Cc3cc(CN4CCN(C(=O)C5CC5)CC4)ccn3)[nH]c2c1. The standard InChI is InChI=1S/C27H28ClN7O2/c1-37-26-21(15-24(28)32-33-26)19-4-5-22-23(13-19)31-25(30-22)14-20-12-17(6-7-29-20)16-34-8-10-35(11-9-34)27(36)18-2-3-18/h4-7,12-13,15,18H,2-3,8-11,14,16H2,1H3,(H,30,31). The topological polar surface area (TPSA) is 100 Å². The largest absolute Gasteiger partial charge is 0.479 e. The van der Waals surface area contributed by atoms with Gasteiger partial charge >= 0.3 is 0 Å². The van der Waals surface area contributed by atoms with Gasteiger partial charge in [-0.3, -0.25) is 14.7 Å². The summed E-state index contributed by atoms with van der Waals surface area (Å²) in [5.74, 6) is 1.92. The smallest absolute Gasteiger partial charge is 0.241 e. The number of hydrogen-bond donors (Lipinski definition) is 1. The number of fused-ring (bicyclic) bond motifs is 1. The van der Waals surface area contributed by atoms with Crippen LogP contribution in [-0.2, 0) is 17.8 Å². The van der Waals surface area contributed by atoms with Crippen LogP contribution in [0.1, 0.15) is 29.9 Å². The Balaban J connectivity index is 1.13. The van der Waals surface area contributed by atoms with Gasteiger partial charge in [-0.2, -0.15) is 0 Å². The number of H-pyrrole nitrogens is 1. The van der Waals surface area contributed by atoms with E-state index in [0.717, 1.165) is 79.2 Å². The van der Waals surface area contributed by atoms with E-state index < -0.39 is 0 Å². The third-order valence-electron chi connectivity index (χ3n) is 7.01. The lowest BCUT2D eigenvalue weighted by Crippen LogP contribution is -2.48. The van der Waals surface area contributed by atoms with Crippen LogP contribution in [0.25, 0.3) is 22.2 Å².